The van der Waals surface area contributed by atoms with Crippen molar-refractivity contribution in [1.82, 2.24) is 0 Å². The molecular formula is C17H17ClN2O3S. The lowest BCUT2D eigenvalue weighted by molar-refractivity contribution is -0.115. The van der Waals surface area contributed by atoms with Gasteiger partial charge in [-0.2, -0.15) is 0 Å². The first-order valence-electron chi connectivity index (χ1n) is 7.11. The number of benzene rings is 2. The van der Waals surface area contributed by atoms with Crippen LogP contribution in [0.3, 0.4) is 0 Å². The van der Waals surface area contributed by atoms with Crippen LogP contribution in [0.15, 0.2) is 47.4 Å². The minimum absolute atomic E-state index is 0.171. The lowest BCUT2D eigenvalue weighted by Gasteiger charge is -2.13. The van der Waals surface area contributed by atoms with E-state index in [1.165, 1.54) is 23.9 Å². The molecule has 0 radical (unpaired) electrons. The van der Waals surface area contributed by atoms with E-state index in [0.717, 1.165) is 10.6 Å². The molecule has 0 aliphatic rings. The number of halogens is 1. The van der Waals surface area contributed by atoms with E-state index in [1.54, 1.807) is 20.1 Å². The molecule has 24 heavy (non-hydrogen) atoms. The largest absolute Gasteiger partial charge is 0.497 e. The van der Waals surface area contributed by atoms with Gasteiger partial charge in [-0.3, -0.25) is 9.59 Å². The van der Waals surface area contributed by atoms with Gasteiger partial charge in [-0.05, 0) is 49.4 Å². The zero-order chi connectivity index (χ0) is 17.7. The molecule has 2 amide bonds. The topological polar surface area (TPSA) is 81.4 Å². The molecule has 2 aromatic rings. The smallest absolute Gasteiger partial charge is 0.250 e. The number of anilines is 1. The van der Waals surface area contributed by atoms with E-state index in [-0.39, 0.29) is 21.7 Å². The summed E-state index contributed by atoms with van der Waals surface area (Å²) in [7, 11) is 1.60. The number of methoxy groups -OCH3 is 1. The molecule has 3 N–H and O–H groups in total. The van der Waals surface area contributed by atoms with Gasteiger partial charge in [0.2, 0.25) is 11.8 Å². The first-order valence-corrected chi connectivity index (χ1v) is 8.37. The fourth-order valence-corrected chi connectivity index (χ4v) is 3.03. The third kappa shape index (κ3) is 4.66. The number of thioether (sulfide) groups is 1. The van der Waals surface area contributed by atoms with Crippen LogP contribution >= 0.6 is 23.4 Å². The van der Waals surface area contributed by atoms with Gasteiger partial charge in [0.1, 0.15) is 5.75 Å². The number of hydrogen-bond acceptors (Lipinski definition) is 4. The Labute approximate surface area is 149 Å². The number of nitrogens with two attached hydrogens (primary N) is 1. The van der Waals surface area contributed by atoms with Gasteiger partial charge in [0.05, 0.1) is 22.9 Å². The van der Waals surface area contributed by atoms with Crippen molar-refractivity contribution in [3.05, 3.63) is 53.1 Å². The molecular weight excluding hydrogens is 348 g/mol. The summed E-state index contributed by atoms with van der Waals surface area (Å²) in [6, 6.07) is 12.1. The Kier molecular flexibility index (Phi) is 6.11. The Morgan fingerprint density at radius 2 is 1.88 bits per heavy atom. The summed E-state index contributed by atoms with van der Waals surface area (Å²) in [6.45, 7) is 1.80. The molecule has 0 aromatic heterocycles. The normalized spacial score (nSPS) is 11.6. The Morgan fingerprint density at radius 1 is 1.21 bits per heavy atom. The van der Waals surface area contributed by atoms with Crippen LogP contribution in [0.5, 0.6) is 5.75 Å². The van der Waals surface area contributed by atoms with E-state index in [2.05, 4.69) is 5.32 Å². The van der Waals surface area contributed by atoms with Crippen LogP contribution in [-0.2, 0) is 4.79 Å². The van der Waals surface area contributed by atoms with E-state index < -0.39 is 5.91 Å². The molecule has 2 rings (SSSR count). The highest BCUT2D eigenvalue weighted by molar-refractivity contribution is 8.00. The molecule has 0 saturated heterocycles. The molecule has 0 fully saturated rings. The van der Waals surface area contributed by atoms with Crippen LogP contribution in [0.25, 0.3) is 0 Å². The second-order valence-corrected chi connectivity index (χ2v) is 6.81. The second-order valence-electron chi connectivity index (χ2n) is 4.98. The highest BCUT2D eigenvalue weighted by Crippen LogP contribution is 2.27. The molecule has 0 aliphatic carbocycles. The minimum atomic E-state index is -0.642. The number of hydrogen-bond donors (Lipinski definition) is 2. The molecule has 7 heteroatoms. The third-order valence-corrected chi connectivity index (χ3v) is 4.68. The maximum Gasteiger partial charge on any atom is 0.250 e. The Bertz CT molecular complexity index is 750. The second kappa shape index (κ2) is 8.08. The first-order chi connectivity index (χ1) is 11.4. The Balaban J connectivity index is 2.03. The van der Waals surface area contributed by atoms with Gasteiger partial charge in [-0.1, -0.05) is 11.6 Å². The molecule has 126 valence electrons. The zero-order valence-corrected chi connectivity index (χ0v) is 14.8. The molecule has 0 saturated carbocycles. The predicted octanol–water partition coefficient (Wildman–Crippen LogP) is 3.57. The van der Waals surface area contributed by atoms with Gasteiger partial charge >= 0.3 is 0 Å². The zero-order valence-electron chi connectivity index (χ0n) is 13.2. The number of rotatable bonds is 6. The van der Waals surface area contributed by atoms with Gasteiger partial charge in [0.25, 0.3) is 0 Å². The molecule has 0 spiro atoms. The standard InChI is InChI=1S/C17H17ClN2O3S/c1-10(24-13-6-4-12(23-2)5-7-13)17(22)20-11-3-8-15(18)14(9-11)16(19)21/h3-10H,1-2H3,(H2,19,21)(H,20,22). The van der Waals surface area contributed by atoms with E-state index >= 15 is 0 Å². The van der Waals surface area contributed by atoms with E-state index in [0.29, 0.717) is 5.69 Å². The molecule has 2 aromatic carbocycles. The highest BCUT2D eigenvalue weighted by Gasteiger charge is 2.16. The minimum Gasteiger partial charge on any atom is -0.497 e. The third-order valence-electron chi connectivity index (χ3n) is 3.24. The maximum absolute atomic E-state index is 12.3. The van der Waals surface area contributed by atoms with E-state index in [1.807, 2.05) is 24.3 Å². The number of amides is 2. The van der Waals surface area contributed by atoms with Gasteiger partial charge in [0.15, 0.2) is 0 Å². The van der Waals surface area contributed by atoms with Gasteiger partial charge in [0, 0.05) is 10.6 Å². The summed E-state index contributed by atoms with van der Waals surface area (Å²) in [5.74, 6) is -0.0677. The van der Waals surface area contributed by atoms with Crippen LogP contribution < -0.4 is 15.8 Å². The number of primary amides is 1. The summed E-state index contributed by atoms with van der Waals surface area (Å²) in [5, 5.41) is 2.68. The van der Waals surface area contributed by atoms with Crippen molar-refractivity contribution in [2.24, 2.45) is 5.73 Å². The number of ether oxygens (including phenoxy) is 1. The number of carbonyl (C=O) groups is 2. The van der Waals surface area contributed by atoms with E-state index in [4.69, 9.17) is 22.1 Å². The van der Waals surface area contributed by atoms with Crippen molar-refractivity contribution in [1.29, 1.82) is 0 Å². The Hall–Kier alpha value is -2.18. The average Bonchev–Trinajstić information content (AvgIpc) is 2.57. The van der Waals surface area contributed by atoms with Crippen LogP contribution in [-0.4, -0.2) is 24.2 Å². The van der Waals surface area contributed by atoms with Gasteiger partial charge < -0.3 is 15.8 Å². The van der Waals surface area contributed by atoms with Crippen molar-refractivity contribution in [2.45, 2.75) is 17.1 Å². The number of carbonyl (C=O) groups excluding carboxylic acids is 2. The summed E-state index contributed by atoms with van der Waals surface area (Å²) in [6.07, 6.45) is 0. The SMILES string of the molecule is COc1ccc(SC(C)C(=O)Nc2ccc(Cl)c(C(N)=O)c2)cc1. The van der Waals surface area contributed by atoms with Gasteiger partial charge in [-0.25, -0.2) is 0 Å². The summed E-state index contributed by atoms with van der Waals surface area (Å²) < 4.78 is 5.10. The fraction of sp³-hybridized carbons (Fsp3) is 0.176. The lowest BCUT2D eigenvalue weighted by Crippen LogP contribution is -2.22. The highest BCUT2D eigenvalue weighted by atomic mass is 35.5. The molecule has 0 heterocycles. The molecule has 5 nitrogen and oxygen atoms in total. The number of nitrogens with one attached hydrogen (secondary N) is 1. The van der Waals surface area contributed by atoms with Crippen LogP contribution in [0, 0.1) is 0 Å². The van der Waals surface area contributed by atoms with Crippen molar-refractivity contribution >= 4 is 40.9 Å². The summed E-state index contributed by atoms with van der Waals surface area (Å²) >= 11 is 7.31. The molecule has 1 atom stereocenters. The average molecular weight is 365 g/mol. The first kappa shape index (κ1) is 18.2. The van der Waals surface area contributed by atoms with Crippen molar-refractivity contribution in [2.75, 3.05) is 12.4 Å². The fourth-order valence-electron chi connectivity index (χ4n) is 1.95. The molecule has 1 unspecified atom stereocenters. The molecule has 0 bridgehead atoms. The van der Waals surface area contributed by atoms with E-state index in [9.17, 15) is 9.59 Å². The van der Waals surface area contributed by atoms with Crippen molar-refractivity contribution in [3.63, 3.8) is 0 Å². The maximum atomic E-state index is 12.3. The van der Waals surface area contributed by atoms with Crippen LogP contribution in [0.4, 0.5) is 5.69 Å². The lowest BCUT2D eigenvalue weighted by atomic mass is 10.2. The van der Waals surface area contributed by atoms with Crippen molar-refractivity contribution in [3.8, 4) is 5.75 Å². The summed E-state index contributed by atoms with van der Waals surface area (Å²) in [4.78, 5) is 24.5. The van der Waals surface area contributed by atoms with Crippen LogP contribution in [0.2, 0.25) is 5.02 Å². The predicted molar refractivity (Wildman–Crippen MR) is 96.9 cm³/mol. The Morgan fingerprint density at radius 3 is 2.46 bits per heavy atom. The van der Waals surface area contributed by atoms with Crippen molar-refractivity contribution < 1.29 is 14.3 Å². The van der Waals surface area contributed by atoms with Gasteiger partial charge in [-0.15, -0.1) is 11.8 Å². The quantitative estimate of drug-likeness (QED) is 0.768. The van der Waals surface area contributed by atoms with Crippen LogP contribution in [0.1, 0.15) is 17.3 Å². The monoisotopic (exact) mass is 364 g/mol. The summed E-state index contributed by atoms with van der Waals surface area (Å²) in [5.41, 5.74) is 5.89. The molecule has 0 aliphatic heterocycles.